The Morgan fingerprint density at radius 3 is 2.50 bits per heavy atom. The van der Waals surface area contributed by atoms with Crippen LogP contribution in [0.1, 0.15) is 43.5 Å². The van der Waals surface area contributed by atoms with Gasteiger partial charge in [-0.1, -0.05) is 35.2 Å². The van der Waals surface area contributed by atoms with Crippen LogP contribution in [0.25, 0.3) is 0 Å². The number of rotatable bonds is 3. The number of nitrogens with zero attached hydrogens (tertiary/aromatic N) is 2. The summed E-state index contributed by atoms with van der Waals surface area (Å²) in [5.41, 5.74) is 2.96. The van der Waals surface area contributed by atoms with Crippen molar-refractivity contribution in [1.82, 2.24) is 9.55 Å². The van der Waals surface area contributed by atoms with Gasteiger partial charge in [-0.25, -0.2) is 4.98 Å². The van der Waals surface area contributed by atoms with Crippen molar-refractivity contribution in [2.75, 3.05) is 5.33 Å². The molecule has 0 bridgehead atoms. The summed E-state index contributed by atoms with van der Waals surface area (Å²) in [5, 5.41) is 1.12. The number of halogens is 1. The van der Waals surface area contributed by atoms with Gasteiger partial charge in [0.05, 0.1) is 12.0 Å². The fraction of sp³-hybridized carbons (Fsp3) is 0.769. The Kier molecular flexibility index (Phi) is 3.73. The van der Waals surface area contributed by atoms with Crippen molar-refractivity contribution in [2.45, 2.75) is 52.5 Å². The summed E-state index contributed by atoms with van der Waals surface area (Å²) in [7, 11) is 0. The molecule has 90 valence electrons. The molecule has 3 heteroatoms. The van der Waals surface area contributed by atoms with E-state index in [4.69, 9.17) is 0 Å². The zero-order chi connectivity index (χ0) is 11.6. The van der Waals surface area contributed by atoms with E-state index in [-0.39, 0.29) is 0 Å². The van der Waals surface area contributed by atoms with Gasteiger partial charge in [0.15, 0.2) is 0 Å². The third kappa shape index (κ3) is 2.34. The van der Waals surface area contributed by atoms with Crippen LogP contribution in [-0.2, 0) is 6.54 Å². The van der Waals surface area contributed by atoms with Crippen LogP contribution < -0.4 is 0 Å². The molecule has 2 nitrogen and oxygen atoms in total. The maximum atomic E-state index is 4.39. The van der Waals surface area contributed by atoms with E-state index < -0.39 is 0 Å². The van der Waals surface area contributed by atoms with E-state index in [0.717, 1.165) is 11.9 Å². The molecule has 1 aliphatic carbocycles. The Bertz CT molecular complexity index is 351. The first-order valence-corrected chi connectivity index (χ1v) is 7.33. The number of aryl methyl sites for hydroxylation is 1. The zero-order valence-electron chi connectivity index (χ0n) is 10.3. The normalized spacial score (nSPS) is 19.9. The molecule has 0 amide bonds. The molecule has 1 aromatic rings. The molecule has 1 saturated carbocycles. The first-order valence-electron chi connectivity index (χ1n) is 6.21. The molecular weight excluding hydrogens is 264 g/mol. The SMILES string of the molecule is Cc1ncn(CC2(CBr)CCCCC2)c1C. The minimum Gasteiger partial charge on any atom is -0.334 e. The third-order valence-electron chi connectivity index (χ3n) is 4.05. The van der Waals surface area contributed by atoms with Crippen LogP contribution in [-0.4, -0.2) is 14.9 Å². The lowest BCUT2D eigenvalue weighted by atomic mass is 9.75. The summed E-state index contributed by atoms with van der Waals surface area (Å²) in [4.78, 5) is 4.39. The van der Waals surface area contributed by atoms with Crippen LogP contribution in [0.4, 0.5) is 0 Å². The van der Waals surface area contributed by atoms with E-state index in [9.17, 15) is 0 Å². The quantitative estimate of drug-likeness (QED) is 0.771. The number of hydrogen-bond acceptors (Lipinski definition) is 1. The summed E-state index contributed by atoms with van der Waals surface area (Å²) in [6.45, 7) is 5.39. The molecule has 0 saturated heterocycles. The van der Waals surface area contributed by atoms with Crippen LogP contribution in [0.15, 0.2) is 6.33 Å². The van der Waals surface area contributed by atoms with Crippen molar-refractivity contribution in [3.8, 4) is 0 Å². The van der Waals surface area contributed by atoms with Crippen molar-refractivity contribution >= 4 is 15.9 Å². The average molecular weight is 285 g/mol. The van der Waals surface area contributed by atoms with E-state index >= 15 is 0 Å². The second-order valence-corrected chi connectivity index (χ2v) is 5.80. The van der Waals surface area contributed by atoms with Crippen LogP contribution >= 0.6 is 15.9 Å². The van der Waals surface area contributed by atoms with Gasteiger partial charge in [-0.2, -0.15) is 0 Å². The number of hydrogen-bond donors (Lipinski definition) is 0. The fourth-order valence-electron chi connectivity index (χ4n) is 2.70. The van der Waals surface area contributed by atoms with E-state index in [1.807, 2.05) is 6.33 Å². The Labute approximate surface area is 107 Å². The minimum absolute atomic E-state index is 0.468. The highest BCUT2D eigenvalue weighted by Crippen LogP contribution is 2.39. The molecule has 1 heterocycles. The predicted octanol–water partition coefficient (Wildman–Crippen LogP) is 3.85. The highest BCUT2D eigenvalue weighted by atomic mass is 79.9. The molecule has 16 heavy (non-hydrogen) atoms. The molecule has 1 aromatic heterocycles. The van der Waals surface area contributed by atoms with Gasteiger partial charge in [-0.3, -0.25) is 0 Å². The standard InChI is InChI=1S/C13H21BrN2/c1-11-12(2)16(10-15-11)9-13(8-14)6-4-3-5-7-13/h10H,3-9H2,1-2H3. The molecule has 0 N–H and O–H groups in total. The maximum Gasteiger partial charge on any atom is 0.0951 e. The lowest BCUT2D eigenvalue weighted by molar-refractivity contribution is 0.190. The third-order valence-corrected chi connectivity index (χ3v) is 5.24. The average Bonchev–Trinajstić information content (AvgIpc) is 2.62. The summed E-state index contributed by atoms with van der Waals surface area (Å²) in [6.07, 6.45) is 8.90. The van der Waals surface area contributed by atoms with Crippen LogP contribution in [0.5, 0.6) is 0 Å². The van der Waals surface area contributed by atoms with Crippen molar-refractivity contribution in [2.24, 2.45) is 5.41 Å². The number of aromatic nitrogens is 2. The fourth-order valence-corrected chi connectivity index (χ4v) is 3.44. The van der Waals surface area contributed by atoms with Gasteiger partial charge >= 0.3 is 0 Å². The molecule has 0 atom stereocenters. The molecular formula is C13H21BrN2. The van der Waals surface area contributed by atoms with Crippen molar-refractivity contribution in [3.63, 3.8) is 0 Å². The van der Waals surface area contributed by atoms with E-state index in [1.54, 1.807) is 0 Å². The van der Waals surface area contributed by atoms with Gasteiger partial charge < -0.3 is 4.57 Å². The van der Waals surface area contributed by atoms with E-state index in [2.05, 4.69) is 39.3 Å². The van der Waals surface area contributed by atoms with Crippen LogP contribution in [0.2, 0.25) is 0 Å². The largest absolute Gasteiger partial charge is 0.334 e. The Balaban J connectivity index is 2.14. The zero-order valence-corrected chi connectivity index (χ0v) is 11.9. The highest BCUT2D eigenvalue weighted by molar-refractivity contribution is 9.09. The van der Waals surface area contributed by atoms with Gasteiger partial charge in [0.2, 0.25) is 0 Å². The van der Waals surface area contributed by atoms with Gasteiger partial charge in [0.25, 0.3) is 0 Å². The molecule has 2 rings (SSSR count). The molecule has 0 radical (unpaired) electrons. The second-order valence-electron chi connectivity index (χ2n) is 5.24. The van der Waals surface area contributed by atoms with E-state index in [1.165, 1.54) is 43.5 Å². The molecule has 0 unspecified atom stereocenters. The van der Waals surface area contributed by atoms with Crippen LogP contribution in [0, 0.1) is 19.3 Å². The highest BCUT2D eigenvalue weighted by Gasteiger charge is 2.31. The van der Waals surface area contributed by atoms with Gasteiger partial charge in [-0.15, -0.1) is 0 Å². The molecule has 0 aliphatic heterocycles. The van der Waals surface area contributed by atoms with Crippen molar-refractivity contribution in [3.05, 3.63) is 17.7 Å². The Morgan fingerprint density at radius 2 is 2.00 bits per heavy atom. The molecule has 1 aliphatic rings. The minimum atomic E-state index is 0.468. The summed E-state index contributed by atoms with van der Waals surface area (Å²) < 4.78 is 2.34. The maximum absolute atomic E-state index is 4.39. The Morgan fingerprint density at radius 1 is 1.31 bits per heavy atom. The van der Waals surface area contributed by atoms with Gasteiger partial charge in [0, 0.05) is 17.6 Å². The predicted molar refractivity (Wildman–Crippen MR) is 71.0 cm³/mol. The van der Waals surface area contributed by atoms with Crippen molar-refractivity contribution < 1.29 is 0 Å². The smallest absolute Gasteiger partial charge is 0.0951 e. The number of imidazole rings is 1. The van der Waals surface area contributed by atoms with E-state index in [0.29, 0.717) is 5.41 Å². The molecule has 1 fully saturated rings. The summed E-state index contributed by atoms with van der Waals surface area (Å²) >= 11 is 3.72. The topological polar surface area (TPSA) is 17.8 Å². The number of alkyl halides is 1. The van der Waals surface area contributed by atoms with Crippen LogP contribution in [0.3, 0.4) is 0 Å². The lowest BCUT2D eigenvalue weighted by Gasteiger charge is -2.36. The first-order chi connectivity index (χ1) is 7.67. The van der Waals surface area contributed by atoms with Crippen molar-refractivity contribution in [1.29, 1.82) is 0 Å². The van der Waals surface area contributed by atoms with Gasteiger partial charge in [-0.05, 0) is 32.1 Å². The van der Waals surface area contributed by atoms with Gasteiger partial charge in [0.1, 0.15) is 0 Å². The molecule has 0 spiro atoms. The summed E-state index contributed by atoms with van der Waals surface area (Å²) in [6, 6.07) is 0. The monoisotopic (exact) mass is 284 g/mol. The molecule has 0 aromatic carbocycles. The first kappa shape index (κ1) is 12.2. The lowest BCUT2D eigenvalue weighted by Crippen LogP contribution is -2.31. The second kappa shape index (κ2) is 4.91. The Hall–Kier alpha value is -0.310. The summed E-state index contributed by atoms with van der Waals surface area (Å²) in [5.74, 6) is 0.